The Morgan fingerprint density at radius 3 is 2.94 bits per heavy atom. The van der Waals surface area contributed by atoms with E-state index in [2.05, 4.69) is 15.6 Å². The SMILES string of the molecule is CCC(=O)N/C(=C/Nc1cccnc1)C(=N)Cl. The van der Waals surface area contributed by atoms with Crippen LogP contribution in [0.1, 0.15) is 13.3 Å². The minimum Gasteiger partial charge on any atom is -0.358 e. The van der Waals surface area contributed by atoms with Gasteiger partial charge in [-0.2, -0.15) is 0 Å². The average molecular weight is 253 g/mol. The molecule has 3 N–H and O–H groups in total. The molecule has 90 valence electrons. The van der Waals surface area contributed by atoms with E-state index in [0.717, 1.165) is 5.69 Å². The van der Waals surface area contributed by atoms with E-state index in [1.807, 2.05) is 0 Å². The zero-order valence-electron chi connectivity index (χ0n) is 9.33. The molecule has 1 aromatic rings. The number of allylic oxidation sites excluding steroid dienone is 1. The number of hydrogen-bond acceptors (Lipinski definition) is 4. The summed E-state index contributed by atoms with van der Waals surface area (Å²) in [6.45, 7) is 1.72. The highest BCUT2D eigenvalue weighted by atomic mass is 35.5. The van der Waals surface area contributed by atoms with Gasteiger partial charge in [0.2, 0.25) is 5.91 Å². The average Bonchev–Trinajstić information content (AvgIpc) is 2.35. The van der Waals surface area contributed by atoms with Crippen molar-refractivity contribution in [2.75, 3.05) is 5.32 Å². The first kappa shape index (κ1) is 13.2. The van der Waals surface area contributed by atoms with Gasteiger partial charge >= 0.3 is 0 Å². The molecule has 0 radical (unpaired) electrons. The summed E-state index contributed by atoms with van der Waals surface area (Å²) in [5.74, 6) is -0.199. The van der Waals surface area contributed by atoms with Crippen molar-refractivity contribution < 1.29 is 4.79 Å². The van der Waals surface area contributed by atoms with Gasteiger partial charge < -0.3 is 10.6 Å². The molecular formula is C11H13ClN4O. The van der Waals surface area contributed by atoms with Crippen LogP contribution in [0.4, 0.5) is 5.69 Å². The largest absolute Gasteiger partial charge is 0.358 e. The maximum absolute atomic E-state index is 11.2. The van der Waals surface area contributed by atoms with E-state index < -0.39 is 0 Å². The van der Waals surface area contributed by atoms with Gasteiger partial charge in [0.25, 0.3) is 0 Å². The molecule has 0 aromatic carbocycles. The predicted octanol–water partition coefficient (Wildman–Crippen LogP) is 2.08. The lowest BCUT2D eigenvalue weighted by molar-refractivity contribution is -0.119. The summed E-state index contributed by atoms with van der Waals surface area (Å²) in [7, 11) is 0. The van der Waals surface area contributed by atoms with E-state index in [-0.39, 0.29) is 16.8 Å². The smallest absolute Gasteiger partial charge is 0.224 e. The highest BCUT2D eigenvalue weighted by Crippen LogP contribution is 2.05. The van der Waals surface area contributed by atoms with Crippen LogP contribution in [-0.2, 0) is 4.79 Å². The molecule has 0 fully saturated rings. The predicted molar refractivity (Wildman–Crippen MR) is 68.0 cm³/mol. The number of nitrogens with zero attached hydrogens (tertiary/aromatic N) is 1. The molecule has 0 atom stereocenters. The molecule has 1 heterocycles. The second-order valence-electron chi connectivity index (χ2n) is 3.16. The molecule has 5 nitrogen and oxygen atoms in total. The van der Waals surface area contributed by atoms with Crippen molar-refractivity contribution in [1.82, 2.24) is 10.3 Å². The first-order valence-electron chi connectivity index (χ1n) is 5.04. The van der Waals surface area contributed by atoms with Gasteiger partial charge in [0.1, 0.15) is 5.17 Å². The molecule has 0 bridgehead atoms. The fourth-order valence-electron chi connectivity index (χ4n) is 0.997. The van der Waals surface area contributed by atoms with Gasteiger partial charge in [0.15, 0.2) is 0 Å². The number of pyridine rings is 1. The first-order valence-corrected chi connectivity index (χ1v) is 5.42. The summed E-state index contributed by atoms with van der Waals surface area (Å²) in [6, 6.07) is 3.58. The van der Waals surface area contributed by atoms with Gasteiger partial charge in [0, 0.05) is 18.8 Å². The lowest BCUT2D eigenvalue weighted by Gasteiger charge is -2.07. The third-order valence-corrected chi connectivity index (χ3v) is 2.08. The Balaban J connectivity index is 2.71. The van der Waals surface area contributed by atoms with Crippen molar-refractivity contribution in [3.05, 3.63) is 36.4 Å². The highest BCUT2D eigenvalue weighted by Gasteiger charge is 2.05. The van der Waals surface area contributed by atoms with Crippen LogP contribution in [0.2, 0.25) is 0 Å². The zero-order valence-corrected chi connectivity index (χ0v) is 10.1. The van der Waals surface area contributed by atoms with Crippen molar-refractivity contribution in [3.8, 4) is 0 Å². The normalized spacial score (nSPS) is 10.8. The van der Waals surface area contributed by atoms with E-state index in [4.69, 9.17) is 17.0 Å². The second kappa shape index (κ2) is 6.65. The zero-order chi connectivity index (χ0) is 12.7. The number of anilines is 1. The van der Waals surface area contributed by atoms with Crippen LogP contribution < -0.4 is 10.6 Å². The molecule has 0 saturated carbocycles. The minimum atomic E-state index is -0.233. The van der Waals surface area contributed by atoms with Gasteiger partial charge in [-0.1, -0.05) is 18.5 Å². The summed E-state index contributed by atoms with van der Waals surface area (Å²) >= 11 is 5.56. The topological polar surface area (TPSA) is 77.9 Å². The summed E-state index contributed by atoms with van der Waals surface area (Å²) in [5, 5.41) is 12.5. The number of nitrogens with one attached hydrogen (secondary N) is 3. The summed E-state index contributed by atoms with van der Waals surface area (Å²) in [4.78, 5) is 15.1. The van der Waals surface area contributed by atoms with Crippen LogP contribution in [0.25, 0.3) is 0 Å². The molecule has 0 aliphatic rings. The Labute approximate surface area is 104 Å². The lowest BCUT2D eigenvalue weighted by atomic mass is 10.4. The van der Waals surface area contributed by atoms with E-state index in [1.54, 1.807) is 31.5 Å². The summed E-state index contributed by atoms with van der Waals surface area (Å²) in [6.07, 6.45) is 5.06. The van der Waals surface area contributed by atoms with Gasteiger partial charge in [-0.05, 0) is 12.1 Å². The summed E-state index contributed by atoms with van der Waals surface area (Å²) < 4.78 is 0. The number of halogens is 1. The fourth-order valence-corrected chi connectivity index (χ4v) is 1.10. The van der Waals surface area contributed by atoms with Crippen molar-refractivity contribution in [2.45, 2.75) is 13.3 Å². The van der Waals surface area contributed by atoms with Gasteiger partial charge in [-0.3, -0.25) is 15.2 Å². The fraction of sp³-hybridized carbons (Fsp3) is 0.182. The summed E-state index contributed by atoms with van der Waals surface area (Å²) in [5.41, 5.74) is 0.969. The molecule has 0 saturated heterocycles. The number of hydrogen-bond donors (Lipinski definition) is 3. The third kappa shape index (κ3) is 4.65. The Hall–Kier alpha value is -1.88. The second-order valence-corrected chi connectivity index (χ2v) is 3.54. The van der Waals surface area contributed by atoms with Crippen molar-refractivity contribution in [3.63, 3.8) is 0 Å². The number of carbonyl (C=O) groups excluding carboxylic acids is 1. The van der Waals surface area contributed by atoms with Crippen molar-refractivity contribution >= 4 is 28.4 Å². The highest BCUT2D eigenvalue weighted by molar-refractivity contribution is 6.68. The molecular weight excluding hydrogens is 240 g/mol. The van der Waals surface area contributed by atoms with Crippen molar-refractivity contribution in [2.24, 2.45) is 0 Å². The minimum absolute atomic E-state index is 0.199. The Morgan fingerprint density at radius 1 is 1.65 bits per heavy atom. The number of carbonyl (C=O) groups is 1. The van der Waals surface area contributed by atoms with Crippen LogP contribution in [0.15, 0.2) is 36.4 Å². The third-order valence-electron chi connectivity index (χ3n) is 1.88. The Kier molecular flexibility index (Phi) is 5.16. The van der Waals surface area contributed by atoms with E-state index in [0.29, 0.717) is 6.42 Å². The van der Waals surface area contributed by atoms with Crippen molar-refractivity contribution in [1.29, 1.82) is 5.41 Å². The first-order chi connectivity index (χ1) is 8.13. The quantitative estimate of drug-likeness (QED) is 0.702. The van der Waals surface area contributed by atoms with E-state index in [9.17, 15) is 4.79 Å². The molecule has 0 aliphatic heterocycles. The molecule has 0 aliphatic carbocycles. The molecule has 1 aromatic heterocycles. The van der Waals surface area contributed by atoms with Gasteiger partial charge in [-0.15, -0.1) is 0 Å². The van der Waals surface area contributed by atoms with E-state index in [1.165, 1.54) is 6.20 Å². The van der Waals surface area contributed by atoms with Crippen LogP contribution in [-0.4, -0.2) is 16.1 Å². The maximum atomic E-state index is 11.2. The van der Waals surface area contributed by atoms with Crippen LogP contribution >= 0.6 is 11.6 Å². The number of aromatic nitrogens is 1. The molecule has 0 unspecified atom stereocenters. The van der Waals surface area contributed by atoms with Gasteiger partial charge in [0.05, 0.1) is 17.6 Å². The molecule has 6 heteroatoms. The van der Waals surface area contributed by atoms with E-state index >= 15 is 0 Å². The van der Waals surface area contributed by atoms with Crippen LogP contribution in [0.3, 0.4) is 0 Å². The van der Waals surface area contributed by atoms with Crippen LogP contribution in [0.5, 0.6) is 0 Å². The maximum Gasteiger partial charge on any atom is 0.224 e. The Bertz CT molecular complexity index is 430. The lowest BCUT2D eigenvalue weighted by Crippen LogP contribution is -2.25. The molecule has 17 heavy (non-hydrogen) atoms. The number of amides is 1. The van der Waals surface area contributed by atoms with Gasteiger partial charge in [-0.25, -0.2) is 0 Å². The standard InChI is InChI=1S/C11H13ClN4O/c1-2-10(17)16-9(11(12)13)7-15-8-4-3-5-14-6-8/h3-7,13,15H,2H2,1H3,(H,16,17)/b9-7+,13-11?. The molecule has 1 rings (SSSR count). The molecule has 1 amide bonds. The van der Waals surface area contributed by atoms with Crippen LogP contribution in [0, 0.1) is 5.41 Å². The number of rotatable bonds is 5. The molecule has 0 spiro atoms. The monoisotopic (exact) mass is 252 g/mol. The Morgan fingerprint density at radius 2 is 2.41 bits per heavy atom.